The van der Waals surface area contributed by atoms with Gasteiger partial charge in [-0.3, -0.25) is 0 Å². The van der Waals surface area contributed by atoms with Gasteiger partial charge >= 0.3 is 186 Å². The van der Waals surface area contributed by atoms with Crippen molar-refractivity contribution in [2.45, 2.75) is 110 Å². The number of hydrogen-bond acceptors (Lipinski definition) is 3. The predicted octanol–water partition coefficient (Wildman–Crippen LogP) is 7.75. The summed E-state index contributed by atoms with van der Waals surface area (Å²) in [6.45, 7) is 6.97. The molecule has 5 heteroatoms. The molecular formula is C24H55O3PSi. The van der Waals surface area contributed by atoms with Crippen molar-refractivity contribution in [3.8, 4) is 0 Å². The monoisotopic (exact) mass is 450 g/mol. The molecule has 0 aliphatic carbocycles. The van der Waals surface area contributed by atoms with E-state index in [-0.39, 0.29) is 0 Å². The van der Waals surface area contributed by atoms with Crippen LogP contribution in [0.1, 0.15) is 104 Å². The second-order valence-electron chi connectivity index (χ2n) is 9.08. The van der Waals surface area contributed by atoms with Crippen LogP contribution in [0.4, 0.5) is 0 Å². The van der Waals surface area contributed by atoms with Crippen LogP contribution in [0.2, 0.25) is 6.04 Å². The summed E-state index contributed by atoms with van der Waals surface area (Å²) in [5.41, 5.74) is 0. The summed E-state index contributed by atoms with van der Waals surface area (Å²) in [7, 11) is 1.61. The van der Waals surface area contributed by atoms with E-state index in [9.17, 15) is 0 Å². The average Bonchev–Trinajstić information content (AvgIpc) is 2.75. The quantitative estimate of drug-likeness (QED) is 0.0958. The van der Waals surface area contributed by atoms with Gasteiger partial charge in [-0.2, -0.15) is 0 Å². The van der Waals surface area contributed by atoms with Gasteiger partial charge in [-0.15, -0.1) is 0 Å². The van der Waals surface area contributed by atoms with Gasteiger partial charge in [-0.05, 0) is 0 Å². The molecule has 0 aliphatic rings. The van der Waals surface area contributed by atoms with E-state index in [1.807, 2.05) is 0 Å². The first-order chi connectivity index (χ1) is 14.1. The zero-order chi connectivity index (χ0) is 21.8. The zero-order valence-corrected chi connectivity index (χ0v) is 23.0. The van der Waals surface area contributed by atoms with Crippen LogP contribution in [-0.2, 0) is 13.3 Å². The van der Waals surface area contributed by atoms with E-state index in [0.29, 0.717) is 0 Å². The molecule has 0 aromatic rings. The average molecular weight is 451 g/mol. The summed E-state index contributed by atoms with van der Waals surface area (Å²) >= 11 is 0. The first kappa shape index (κ1) is 29.5. The SMILES string of the molecule is CCCCCC[PH](CCCCCC)(CCCCCC)CCC[Si](OC)(OC)OC. The van der Waals surface area contributed by atoms with Crippen LogP contribution in [-0.4, -0.2) is 54.8 Å². The minimum absolute atomic E-state index is 0.976. The van der Waals surface area contributed by atoms with E-state index in [2.05, 4.69) is 20.8 Å². The molecule has 0 aromatic heterocycles. The molecule has 0 saturated heterocycles. The summed E-state index contributed by atoms with van der Waals surface area (Å²) in [4.78, 5) is 0. The molecule has 0 fully saturated rings. The molecule has 0 saturated carbocycles. The van der Waals surface area contributed by atoms with Crippen molar-refractivity contribution in [1.82, 2.24) is 0 Å². The zero-order valence-electron chi connectivity index (χ0n) is 21.0. The predicted molar refractivity (Wildman–Crippen MR) is 136 cm³/mol. The summed E-state index contributed by atoms with van der Waals surface area (Å²) in [6, 6.07) is 0.976. The molecule has 0 amide bonds. The fraction of sp³-hybridized carbons (Fsp3) is 1.00. The van der Waals surface area contributed by atoms with Crippen LogP contribution < -0.4 is 0 Å². The van der Waals surface area contributed by atoms with Gasteiger partial charge in [0.05, 0.1) is 0 Å². The summed E-state index contributed by atoms with van der Waals surface area (Å²) in [6.07, 6.45) is 24.2. The van der Waals surface area contributed by atoms with Gasteiger partial charge < -0.3 is 0 Å². The Labute approximate surface area is 185 Å². The van der Waals surface area contributed by atoms with Gasteiger partial charge in [-0.1, -0.05) is 0 Å². The van der Waals surface area contributed by atoms with E-state index in [1.54, 1.807) is 39.8 Å². The molecule has 3 nitrogen and oxygen atoms in total. The molecule has 0 N–H and O–H groups in total. The molecule has 0 heterocycles. The van der Waals surface area contributed by atoms with Crippen LogP contribution in [0.25, 0.3) is 0 Å². The molecule has 29 heavy (non-hydrogen) atoms. The van der Waals surface area contributed by atoms with Crippen LogP contribution in [0.15, 0.2) is 0 Å². The van der Waals surface area contributed by atoms with Crippen LogP contribution in [0.3, 0.4) is 0 Å². The number of hydrogen-bond donors (Lipinski definition) is 0. The van der Waals surface area contributed by atoms with Crippen LogP contribution in [0, 0.1) is 0 Å². The first-order valence-corrected chi connectivity index (χ1v) is 17.5. The third kappa shape index (κ3) is 13.5. The van der Waals surface area contributed by atoms with Crippen molar-refractivity contribution >= 4 is 16.1 Å². The molecule has 0 aromatic carbocycles. The molecule has 0 bridgehead atoms. The molecule has 0 aliphatic heterocycles. The summed E-state index contributed by atoms with van der Waals surface area (Å²) in [5, 5.41) is 0. The van der Waals surface area contributed by atoms with Crippen molar-refractivity contribution in [1.29, 1.82) is 0 Å². The molecule has 0 spiro atoms. The molecule has 178 valence electrons. The minimum atomic E-state index is -2.43. The van der Waals surface area contributed by atoms with Gasteiger partial charge in [0, 0.05) is 0 Å². The number of unbranched alkanes of at least 4 members (excludes halogenated alkanes) is 9. The van der Waals surface area contributed by atoms with Gasteiger partial charge in [-0.25, -0.2) is 0 Å². The second kappa shape index (κ2) is 19.2. The van der Waals surface area contributed by atoms with E-state index < -0.39 is 16.1 Å². The Bertz CT molecular complexity index is 311. The van der Waals surface area contributed by atoms with E-state index >= 15 is 0 Å². The fourth-order valence-corrected chi connectivity index (χ4v) is 12.3. The molecule has 0 rings (SSSR count). The van der Waals surface area contributed by atoms with Crippen LogP contribution in [0.5, 0.6) is 0 Å². The molecule has 0 atom stereocenters. The maximum atomic E-state index is 5.70. The molecule has 0 unspecified atom stereocenters. The molecular weight excluding hydrogens is 395 g/mol. The summed E-state index contributed by atoms with van der Waals surface area (Å²) in [5.74, 6) is 0. The van der Waals surface area contributed by atoms with Crippen molar-refractivity contribution in [2.75, 3.05) is 46.0 Å². The van der Waals surface area contributed by atoms with Gasteiger partial charge in [0.15, 0.2) is 0 Å². The Balaban J connectivity index is 5.04. The Hall–Kier alpha value is 0.527. The van der Waals surface area contributed by atoms with Crippen molar-refractivity contribution in [3.05, 3.63) is 0 Å². The topological polar surface area (TPSA) is 27.7 Å². The third-order valence-corrected chi connectivity index (χ3v) is 15.3. The standard InChI is InChI=1S/C24H55O3PSi/c1-7-10-13-16-20-28(21-17-14-11-8-2,22-18-15-12-9-3)23-19-24-29(25-4,26-5)27-6/h28H,7-24H2,1-6H3. The normalized spacial score (nSPS) is 13.2. The Morgan fingerprint density at radius 2 is 0.828 bits per heavy atom. The van der Waals surface area contributed by atoms with Crippen LogP contribution >= 0.6 is 7.26 Å². The fourth-order valence-electron chi connectivity index (χ4n) is 4.77. The first-order valence-electron chi connectivity index (χ1n) is 12.7. The Morgan fingerprint density at radius 1 is 0.483 bits per heavy atom. The van der Waals surface area contributed by atoms with E-state index in [0.717, 1.165) is 6.04 Å². The van der Waals surface area contributed by atoms with Crippen molar-refractivity contribution < 1.29 is 13.3 Å². The van der Waals surface area contributed by atoms with Gasteiger partial charge in [0.1, 0.15) is 0 Å². The number of rotatable bonds is 22. The van der Waals surface area contributed by atoms with Gasteiger partial charge in [0.25, 0.3) is 0 Å². The Kier molecular flexibility index (Phi) is 19.6. The maximum absolute atomic E-state index is 5.70. The Morgan fingerprint density at radius 3 is 1.14 bits per heavy atom. The van der Waals surface area contributed by atoms with Crippen molar-refractivity contribution in [2.24, 2.45) is 0 Å². The van der Waals surface area contributed by atoms with Gasteiger partial charge in [0.2, 0.25) is 0 Å². The molecule has 0 radical (unpaired) electrons. The van der Waals surface area contributed by atoms with E-state index in [4.69, 9.17) is 13.3 Å². The van der Waals surface area contributed by atoms with E-state index in [1.165, 1.54) is 89.6 Å². The third-order valence-electron chi connectivity index (χ3n) is 6.81. The van der Waals surface area contributed by atoms with Crippen molar-refractivity contribution in [3.63, 3.8) is 0 Å². The second-order valence-corrected chi connectivity index (χ2v) is 17.2. The summed E-state index contributed by atoms with van der Waals surface area (Å²) < 4.78 is 17.1.